The van der Waals surface area contributed by atoms with Crippen molar-refractivity contribution in [3.8, 4) is 0 Å². The largest absolute Gasteiger partial charge is 0.290 e. The molecule has 100 valence electrons. The summed E-state index contributed by atoms with van der Waals surface area (Å²) in [5.41, 5.74) is 1.60. The van der Waals surface area contributed by atoms with Crippen LogP contribution in [-0.4, -0.2) is 5.78 Å². The molecule has 0 bridgehead atoms. The molecule has 0 unspecified atom stereocenters. The molecule has 1 nitrogen and oxygen atoms in total. The number of hydrogen-bond donors (Lipinski definition) is 0. The van der Waals surface area contributed by atoms with Crippen molar-refractivity contribution in [3.63, 3.8) is 0 Å². The van der Waals surface area contributed by atoms with Gasteiger partial charge in [0.1, 0.15) is 0 Å². The van der Waals surface area contributed by atoms with E-state index < -0.39 is 0 Å². The van der Waals surface area contributed by atoms with Crippen molar-refractivity contribution in [2.24, 2.45) is 0 Å². The Morgan fingerprint density at radius 1 is 0.700 bits per heavy atom. The van der Waals surface area contributed by atoms with Crippen LogP contribution in [0.5, 0.6) is 0 Å². The maximum absolute atomic E-state index is 11.9. The molecule has 0 aliphatic rings. The second-order valence-corrected chi connectivity index (χ2v) is 4.93. The van der Waals surface area contributed by atoms with Gasteiger partial charge in [-0.05, 0) is 11.1 Å². The van der Waals surface area contributed by atoms with Crippen molar-refractivity contribution >= 4 is 39.0 Å². The molecule has 0 atom stereocenters. The van der Waals surface area contributed by atoms with Crippen LogP contribution >= 0.6 is 23.2 Å². The van der Waals surface area contributed by atoms with Crippen molar-refractivity contribution in [3.05, 3.63) is 83.9 Å². The lowest BCUT2D eigenvalue weighted by molar-refractivity contribution is -0.110. The zero-order chi connectivity index (χ0) is 14.4. The highest BCUT2D eigenvalue weighted by Crippen LogP contribution is 2.21. The molecule has 0 saturated carbocycles. The fourth-order valence-corrected chi connectivity index (χ4v) is 2.12. The molecule has 0 N–H and O–H groups in total. The van der Waals surface area contributed by atoms with Gasteiger partial charge in [-0.15, -0.1) is 0 Å². The summed E-state index contributed by atoms with van der Waals surface area (Å²) in [7, 11) is 0. The van der Waals surface area contributed by atoms with E-state index in [9.17, 15) is 4.79 Å². The number of hydrogen-bond acceptors (Lipinski definition) is 1. The molecule has 2 aromatic carbocycles. The lowest BCUT2D eigenvalue weighted by Gasteiger charge is -1.99. The minimum atomic E-state index is -0.243. The molecule has 20 heavy (non-hydrogen) atoms. The summed E-state index contributed by atoms with van der Waals surface area (Å²) in [6.07, 6.45) is 2.73. The summed E-state index contributed by atoms with van der Waals surface area (Å²) in [6.45, 7) is 0. The fourth-order valence-electron chi connectivity index (χ4n) is 1.65. The third-order valence-electron chi connectivity index (χ3n) is 2.64. The van der Waals surface area contributed by atoms with E-state index in [1.54, 1.807) is 0 Å². The van der Waals surface area contributed by atoms with E-state index in [0.29, 0.717) is 10.1 Å². The Kier molecular flexibility index (Phi) is 5.16. The average molecular weight is 303 g/mol. The first-order valence-corrected chi connectivity index (χ1v) is 6.81. The van der Waals surface area contributed by atoms with E-state index in [-0.39, 0.29) is 5.78 Å². The van der Waals surface area contributed by atoms with Gasteiger partial charge in [-0.2, -0.15) is 0 Å². The Balaban J connectivity index is 2.17. The summed E-state index contributed by atoms with van der Waals surface area (Å²) in [5, 5.41) is 0.786. The summed E-state index contributed by atoms with van der Waals surface area (Å²) < 4.78 is 0. The van der Waals surface area contributed by atoms with Gasteiger partial charge in [0, 0.05) is 12.2 Å². The third-order valence-corrected chi connectivity index (χ3v) is 3.29. The van der Waals surface area contributed by atoms with Gasteiger partial charge < -0.3 is 0 Å². The summed E-state index contributed by atoms with van der Waals surface area (Å²) in [6, 6.07) is 18.6. The van der Waals surface area contributed by atoms with E-state index in [4.69, 9.17) is 23.2 Å². The van der Waals surface area contributed by atoms with Crippen LogP contribution in [0.2, 0.25) is 0 Å². The average Bonchev–Trinajstić information content (AvgIpc) is 2.49. The molecule has 0 radical (unpaired) electrons. The molecule has 0 aliphatic carbocycles. The number of benzene rings is 2. The van der Waals surface area contributed by atoms with Gasteiger partial charge in [0.2, 0.25) is 0 Å². The Morgan fingerprint density at radius 2 is 1.05 bits per heavy atom. The smallest absolute Gasteiger partial charge is 0.181 e. The van der Waals surface area contributed by atoms with Crippen molar-refractivity contribution in [2.45, 2.75) is 0 Å². The first-order valence-electron chi connectivity index (χ1n) is 6.06. The number of carbonyl (C=O) groups is 1. The molecule has 0 aliphatic heterocycles. The summed E-state index contributed by atoms with van der Waals surface area (Å²) in [4.78, 5) is 11.9. The lowest BCUT2D eigenvalue weighted by atomic mass is 10.1. The number of rotatable bonds is 4. The van der Waals surface area contributed by atoms with Crippen LogP contribution in [0.25, 0.3) is 10.1 Å². The number of carbonyl (C=O) groups excluding carboxylic acids is 1. The molecule has 0 saturated heterocycles. The van der Waals surface area contributed by atoms with E-state index in [0.717, 1.165) is 11.1 Å². The SMILES string of the molecule is O=C(C=C(Cl)c1ccccc1)C=C(Cl)c1ccccc1. The molecule has 0 heterocycles. The highest BCUT2D eigenvalue weighted by molar-refractivity contribution is 6.52. The Bertz CT molecular complexity index is 586. The Hall–Kier alpha value is -1.83. The molecule has 2 rings (SSSR count). The minimum Gasteiger partial charge on any atom is -0.290 e. The predicted octanol–water partition coefficient (Wildman–Crippen LogP) is 5.12. The minimum absolute atomic E-state index is 0.243. The van der Waals surface area contributed by atoms with Gasteiger partial charge >= 0.3 is 0 Å². The van der Waals surface area contributed by atoms with Crippen LogP contribution in [-0.2, 0) is 4.79 Å². The van der Waals surface area contributed by atoms with Gasteiger partial charge in [-0.25, -0.2) is 0 Å². The first kappa shape index (κ1) is 14.6. The normalized spacial score (nSPS) is 12.3. The second kappa shape index (κ2) is 7.09. The molecule has 0 aromatic heterocycles. The standard InChI is InChI=1S/C17H12Cl2O/c18-16(13-7-3-1-4-8-13)11-15(20)12-17(19)14-9-5-2-6-10-14/h1-12H. The van der Waals surface area contributed by atoms with E-state index in [2.05, 4.69) is 0 Å². The third kappa shape index (κ3) is 4.09. The zero-order valence-corrected chi connectivity index (χ0v) is 12.1. The van der Waals surface area contributed by atoms with Crippen molar-refractivity contribution < 1.29 is 4.79 Å². The van der Waals surface area contributed by atoms with Gasteiger partial charge in [0.25, 0.3) is 0 Å². The number of allylic oxidation sites excluding steroid dienone is 2. The summed E-state index contributed by atoms with van der Waals surface area (Å²) >= 11 is 12.2. The highest BCUT2D eigenvalue weighted by Gasteiger charge is 2.03. The zero-order valence-electron chi connectivity index (χ0n) is 10.6. The first-order chi connectivity index (χ1) is 9.66. The van der Waals surface area contributed by atoms with Crippen molar-refractivity contribution in [1.82, 2.24) is 0 Å². The Labute approximate surface area is 128 Å². The van der Waals surface area contributed by atoms with Crippen LogP contribution in [0.15, 0.2) is 72.8 Å². The molecule has 0 fully saturated rings. The van der Waals surface area contributed by atoms with Crippen LogP contribution in [0, 0.1) is 0 Å². The Morgan fingerprint density at radius 3 is 1.40 bits per heavy atom. The van der Waals surface area contributed by atoms with Crippen molar-refractivity contribution in [1.29, 1.82) is 0 Å². The van der Waals surface area contributed by atoms with Crippen LogP contribution in [0.4, 0.5) is 0 Å². The van der Waals surface area contributed by atoms with Crippen LogP contribution < -0.4 is 0 Å². The quantitative estimate of drug-likeness (QED) is 0.717. The molecule has 0 amide bonds. The summed E-state index contributed by atoms with van der Waals surface area (Å²) in [5.74, 6) is -0.243. The number of halogens is 2. The van der Waals surface area contributed by atoms with E-state index in [1.807, 2.05) is 60.7 Å². The van der Waals surface area contributed by atoms with Gasteiger partial charge in [0.05, 0.1) is 10.1 Å². The van der Waals surface area contributed by atoms with Gasteiger partial charge in [0.15, 0.2) is 5.78 Å². The van der Waals surface area contributed by atoms with Crippen LogP contribution in [0.1, 0.15) is 11.1 Å². The molecular formula is C17H12Cl2O. The lowest BCUT2D eigenvalue weighted by Crippen LogP contribution is -1.89. The van der Waals surface area contributed by atoms with Crippen molar-refractivity contribution in [2.75, 3.05) is 0 Å². The van der Waals surface area contributed by atoms with E-state index in [1.165, 1.54) is 12.2 Å². The fraction of sp³-hybridized carbons (Fsp3) is 0. The maximum atomic E-state index is 11.9. The second-order valence-electron chi connectivity index (χ2n) is 4.12. The van der Waals surface area contributed by atoms with Crippen LogP contribution in [0.3, 0.4) is 0 Å². The molecule has 3 heteroatoms. The maximum Gasteiger partial charge on any atom is 0.181 e. The highest BCUT2D eigenvalue weighted by atomic mass is 35.5. The molecular weight excluding hydrogens is 291 g/mol. The molecule has 2 aromatic rings. The van der Waals surface area contributed by atoms with Gasteiger partial charge in [-0.1, -0.05) is 83.9 Å². The number of ketones is 1. The predicted molar refractivity (Wildman–Crippen MR) is 85.6 cm³/mol. The molecule has 0 spiro atoms. The van der Waals surface area contributed by atoms with E-state index >= 15 is 0 Å². The topological polar surface area (TPSA) is 17.1 Å². The van der Waals surface area contributed by atoms with Gasteiger partial charge in [-0.3, -0.25) is 4.79 Å². The monoisotopic (exact) mass is 302 g/mol.